The third kappa shape index (κ3) is 5.44. The first-order chi connectivity index (χ1) is 22.9. The van der Waals surface area contributed by atoms with Crippen LogP contribution in [-0.4, -0.2) is 0 Å². The molecular weight excluding hydrogens is 565 g/mol. The molecule has 0 aliphatic heterocycles. The summed E-state index contributed by atoms with van der Waals surface area (Å²) in [6.45, 7) is 12.5. The van der Waals surface area contributed by atoms with E-state index >= 15 is 0 Å². The van der Waals surface area contributed by atoms with Crippen LogP contribution in [0.5, 0.6) is 0 Å². The van der Waals surface area contributed by atoms with Crippen LogP contribution >= 0.6 is 0 Å². The molecule has 47 heavy (non-hydrogen) atoms. The minimum Gasteiger partial charge on any atom is -0.0624 e. The monoisotopic (exact) mass is 612 g/mol. The zero-order valence-electron chi connectivity index (χ0n) is 28.6. The first-order valence-corrected chi connectivity index (χ1v) is 17.2. The smallest absolute Gasteiger partial charge is 0.0504 e. The molecule has 0 bridgehead atoms. The molecule has 0 nitrogen and oxygen atoms in total. The highest BCUT2D eigenvalue weighted by Gasteiger charge is 2.57. The normalized spacial score (nSPS) is 13.7. The largest absolute Gasteiger partial charge is 0.0624 e. The predicted molar refractivity (Wildman–Crippen MR) is 200 cm³/mol. The second kappa shape index (κ2) is 13.6. The van der Waals surface area contributed by atoms with Crippen LogP contribution in [0.25, 0.3) is 0 Å². The fraction of sp³-hybridized carbons (Fsp3) is 0.234. The van der Waals surface area contributed by atoms with E-state index in [2.05, 4.69) is 217 Å². The summed E-state index contributed by atoms with van der Waals surface area (Å²) in [5.74, 6) is 0.800. The molecule has 2 atom stereocenters. The van der Waals surface area contributed by atoms with Gasteiger partial charge in [-0.2, -0.15) is 0 Å². The van der Waals surface area contributed by atoms with E-state index in [-0.39, 0.29) is 17.3 Å². The van der Waals surface area contributed by atoms with Gasteiger partial charge in [0.15, 0.2) is 0 Å². The lowest BCUT2D eigenvalue weighted by molar-refractivity contribution is 0.0455. The summed E-state index contributed by atoms with van der Waals surface area (Å²) in [5, 5.41) is 0. The van der Waals surface area contributed by atoms with Crippen molar-refractivity contribution in [2.45, 2.75) is 45.4 Å². The minimum atomic E-state index is -0.431. The zero-order chi connectivity index (χ0) is 32.9. The summed E-state index contributed by atoms with van der Waals surface area (Å²) < 4.78 is 0. The molecule has 0 heteroatoms. The van der Waals surface area contributed by atoms with Gasteiger partial charge in [-0.05, 0) is 56.5 Å². The summed E-state index contributed by atoms with van der Waals surface area (Å²) >= 11 is 0. The Balaban J connectivity index is 1.72. The number of rotatable bonds is 11. The minimum absolute atomic E-state index is 0.222. The van der Waals surface area contributed by atoms with E-state index in [1.807, 2.05) is 0 Å². The summed E-state index contributed by atoms with van der Waals surface area (Å²) in [5.41, 5.74) is 6.87. The fourth-order valence-corrected chi connectivity index (χ4v) is 9.10. The lowest BCUT2D eigenvalue weighted by atomic mass is 9.45. The second-order valence-corrected chi connectivity index (χ2v) is 14.0. The zero-order valence-corrected chi connectivity index (χ0v) is 28.6. The first-order valence-electron chi connectivity index (χ1n) is 17.2. The Morgan fingerprint density at radius 3 is 0.809 bits per heavy atom. The molecule has 0 spiro atoms. The molecule has 6 aromatic carbocycles. The lowest BCUT2D eigenvalue weighted by Crippen LogP contribution is -2.54. The summed E-state index contributed by atoms with van der Waals surface area (Å²) in [7, 11) is 0. The maximum atomic E-state index is 2.54. The molecule has 0 saturated heterocycles. The topological polar surface area (TPSA) is 0 Å². The average molecular weight is 613 g/mol. The van der Waals surface area contributed by atoms with Crippen molar-refractivity contribution in [3.05, 3.63) is 215 Å². The van der Waals surface area contributed by atoms with Crippen molar-refractivity contribution in [2.24, 2.45) is 23.2 Å². The maximum absolute atomic E-state index is 2.54. The summed E-state index contributed by atoms with van der Waals surface area (Å²) in [4.78, 5) is 0. The molecule has 6 aromatic rings. The molecule has 236 valence electrons. The van der Waals surface area contributed by atoms with Crippen molar-refractivity contribution < 1.29 is 0 Å². The molecular formula is C47H48. The molecule has 0 N–H and O–H groups in total. The standard InChI is InChI=1S/C47H48/c1-36(2)44(46(38-24-12-6-13-25-38,39-26-14-7-15-27-39)40-28-16-8-17-29-40)37(3)45(4,5)47(41-30-18-9-19-31-41,42-32-20-10-21-33-42)43-34-22-11-23-35-43/h6-37,44H,1-5H3. The number of hydrogen-bond acceptors (Lipinski definition) is 0. The maximum Gasteiger partial charge on any atom is 0.0504 e. The van der Waals surface area contributed by atoms with Crippen LogP contribution in [0.4, 0.5) is 0 Å². The molecule has 2 unspecified atom stereocenters. The average Bonchev–Trinajstić information content (AvgIpc) is 3.13. The highest BCUT2D eigenvalue weighted by Crippen LogP contribution is 2.61. The highest BCUT2D eigenvalue weighted by atomic mass is 14.6. The van der Waals surface area contributed by atoms with Gasteiger partial charge in [0.2, 0.25) is 0 Å². The molecule has 0 heterocycles. The van der Waals surface area contributed by atoms with Crippen molar-refractivity contribution in [3.8, 4) is 0 Å². The van der Waals surface area contributed by atoms with Gasteiger partial charge in [-0.15, -0.1) is 0 Å². The van der Waals surface area contributed by atoms with Crippen LogP contribution in [0, 0.1) is 23.2 Å². The number of benzene rings is 6. The van der Waals surface area contributed by atoms with Gasteiger partial charge in [0, 0.05) is 5.41 Å². The molecule has 0 fully saturated rings. The van der Waals surface area contributed by atoms with Crippen LogP contribution in [-0.2, 0) is 10.8 Å². The molecule has 0 saturated carbocycles. The van der Waals surface area contributed by atoms with Crippen molar-refractivity contribution >= 4 is 0 Å². The van der Waals surface area contributed by atoms with Crippen LogP contribution in [0.3, 0.4) is 0 Å². The van der Waals surface area contributed by atoms with E-state index in [9.17, 15) is 0 Å². The van der Waals surface area contributed by atoms with Gasteiger partial charge in [0.1, 0.15) is 0 Å². The quantitative estimate of drug-likeness (QED) is 0.128. The van der Waals surface area contributed by atoms with Crippen LogP contribution in [0.1, 0.15) is 68.0 Å². The van der Waals surface area contributed by atoms with Crippen LogP contribution in [0.2, 0.25) is 0 Å². The van der Waals surface area contributed by atoms with Crippen LogP contribution < -0.4 is 0 Å². The summed E-state index contributed by atoms with van der Waals surface area (Å²) in [6, 6.07) is 67.6. The van der Waals surface area contributed by atoms with Crippen LogP contribution in [0.15, 0.2) is 182 Å². The molecule has 0 aliphatic rings. The second-order valence-electron chi connectivity index (χ2n) is 14.0. The molecule has 6 rings (SSSR count). The summed E-state index contributed by atoms with van der Waals surface area (Å²) in [6.07, 6.45) is 0. The Kier molecular flexibility index (Phi) is 9.33. The molecule has 0 amide bonds. The van der Waals surface area contributed by atoms with E-state index in [1.165, 1.54) is 33.4 Å². The van der Waals surface area contributed by atoms with Gasteiger partial charge < -0.3 is 0 Å². The van der Waals surface area contributed by atoms with Gasteiger partial charge in [0.05, 0.1) is 5.41 Å². The van der Waals surface area contributed by atoms with Gasteiger partial charge in [0.25, 0.3) is 0 Å². The van der Waals surface area contributed by atoms with Gasteiger partial charge in [-0.25, -0.2) is 0 Å². The van der Waals surface area contributed by atoms with Gasteiger partial charge in [-0.3, -0.25) is 0 Å². The van der Waals surface area contributed by atoms with Crippen molar-refractivity contribution in [1.29, 1.82) is 0 Å². The Labute approximate surface area is 283 Å². The van der Waals surface area contributed by atoms with Crippen molar-refractivity contribution in [3.63, 3.8) is 0 Å². The van der Waals surface area contributed by atoms with E-state index < -0.39 is 10.8 Å². The predicted octanol–water partition coefficient (Wildman–Crippen LogP) is 12.0. The first kappa shape index (κ1) is 32.3. The van der Waals surface area contributed by atoms with E-state index in [4.69, 9.17) is 0 Å². The van der Waals surface area contributed by atoms with Crippen molar-refractivity contribution in [2.75, 3.05) is 0 Å². The Morgan fingerprint density at radius 1 is 0.340 bits per heavy atom. The lowest BCUT2D eigenvalue weighted by Gasteiger charge is -2.57. The van der Waals surface area contributed by atoms with E-state index in [0.717, 1.165) is 0 Å². The SMILES string of the molecule is CC(C)C(C(C)C(C)(C)C(c1ccccc1)(c1ccccc1)c1ccccc1)C(c1ccccc1)(c1ccccc1)c1ccccc1. The molecule has 0 aromatic heterocycles. The third-order valence-corrected chi connectivity index (χ3v) is 11.2. The Bertz CT molecular complexity index is 1610. The van der Waals surface area contributed by atoms with Gasteiger partial charge in [-0.1, -0.05) is 217 Å². The highest BCUT2D eigenvalue weighted by molar-refractivity contribution is 5.55. The fourth-order valence-electron chi connectivity index (χ4n) is 9.10. The Hall–Kier alpha value is -4.68. The van der Waals surface area contributed by atoms with Gasteiger partial charge >= 0.3 is 0 Å². The van der Waals surface area contributed by atoms with Crippen molar-refractivity contribution in [1.82, 2.24) is 0 Å². The Morgan fingerprint density at radius 2 is 0.574 bits per heavy atom. The molecule has 0 aliphatic carbocycles. The number of hydrogen-bond donors (Lipinski definition) is 0. The van der Waals surface area contributed by atoms with E-state index in [1.54, 1.807) is 0 Å². The van der Waals surface area contributed by atoms with E-state index in [0.29, 0.717) is 5.92 Å². The molecule has 0 radical (unpaired) electrons. The third-order valence-electron chi connectivity index (χ3n) is 11.2.